The third kappa shape index (κ3) is 3.52. The molecule has 116 valence electrons. The van der Waals surface area contributed by atoms with Gasteiger partial charge in [0.1, 0.15) is 11.5 Å². The third-order valence-corrected chi connectivity index (χ3v) is 4.23. The molecule has 0 bridgehead atoms. The van der Waals surface area contributed by atoms with Crippen LogP contribution >= 0.6 is 11.8 Å². The lowest BCUT2D eigenvalue weighted by Gasteiger charge is -2.32. The molecule has 0 aliphatic carbocycles. The molecule has 1 fully saturated rings. The van der Waals surface area contributed by atoms with E-state index in [1.807, 2.05) is 6.92 Å². The lowest BCUT2D eigenvalue weighted by atomic mass is 10.2. The summed E-state index contributed by atoms with van der Waals surface area (Å²) in [6, 6.07) is 2.02. The molecule has 1 aromatic rings. The first-order valence-corrected chi connectivity index (χ1v) is 7.30. The summed E-state index contributed by atoms with van der Waals surface area (Å²) in [7, 11) is 0. The highest BCUT2D eigenvalue weighted by atomic mass is 32.2. The van der Waals surface area contributed by atoms with E-state index in [1.165, 1.54) is 6.07 Å². The predicted molar refractivity (Wildman–Crippen MR) is 75.9 cm³/mol. The lowest BCUT2D eigenvalue weighted by molar-refractivity contribution is -0.141. The molecule has 1 unspecified atom stereocenters. The molecule has 1 aliphatic rings. The molecule has 3 N–H and O–H groups in total. The van der Waals surface area contributed by atoms with Crippen LogP contribution in [-0.2, 0) is 6.18 Å². The van der Waals surface area contributed by atoms with E-state index in [-0.39, 0.29) is 22.5 Å². The summed E-state index contributed by atoms with van der Waals surface area (Å²) in [5.41, 5.74) is 4.75. The van der Waals surface area contributed by atoms with Gasteiger partial charge in [-0.15, -0.1) is 0 Å². The van der Waals surface area contributed by atoms with E-state index in [4.69, 9.17) is 10.9 Å². The molecule has 1 aromatic heterocycles. The summed E-state index contributed by atoms with van der Waals surface area (Å²) in [6.45, 7) is 3.12. The molecule has 5 nitrogen and oxygen atoms in total. The second kappa shape index (κ2) is 6.00. The largest absolute Gasteiger partial charge is 0.433 e. The monoisotopic (exact) mass is 320 g/mol. The van der Waals surface area contributed by atoms with Gasteiger partial charge in [0.15, 0.2) is 5.84 Å². The number of anilines is 1. The molecule has 0 saturated carbocycles. The molecule has 2 heterocycles. The number of oxime groups is 1. The number of halogens is 3. The van der Waals surface area contributed by atoms with Gasteiger partial charge in [-0.05, 0) is 12.1 Å². The normalized spacial score (nSPS) is 20.7. The van der Waals surface area contributed by atoms with Gasteiger partial charge in [0.2, 0.25) is 0 Å². The fourth-order valence-electron chi connectivity index (χ4n) is 2.11. The van der Waals surface area contributed by atoms with Crippen molar-refractivity contribution in [1.29, 1.82) is 0 Å². The fraction of sp³-hybridized carbons (Fsp3) is 0.500. The second-order valence-corrected chi connectivity index (χ2v) is 6.22. The average molecular weight is 320 g/mol. The van der Waals surface area contributed by atoms with Crippen molar-refractivity contribution in [2.75, 3.05) is 23.7 Å². The number of nitrogens with two attached hydrogens (primary N) is 1. The van der Waals surface area contributed by atoms with Gasteiger partial charge in [-0.1, -0.05) is 12.1 Å². The Kier molecular flexibility index (Phi) is 4.50. The first-order valence-electron chi connectivity index (χ1n) is 6.25. The van der Waals surface area contributed by atoms with Crippen LogP contribution in [0.4, 0.5) is 19.0 Å². The van der Waals surface area contributed by atoms with E-state index >= 15 is 0 Å². The van der Waals surface area contributed by atoms with Crippen LogP contribution in [0.3, 0.4) is 0 Å². The van der Waals surface area contributed by atoms with Crippen molar-refractivity contribution in [2.24, 2.45) is 10.9 Å². The van der Waals surface area contributed by atoms with Gasteiger partial charge in [0, 0.05) is 24.1 Å². The van der Waals surface area contributed by atoms with Gasteiger partial charge >= 0.3 is 6.18 Å². The molecule has 0 aromatic carbocycles. The number of rotatable bonds is 2. The van der Waals surface area contributed by atoms with E-state index in [0.717, 1.165) is 11.8 Å². The van der Waals surface area contributed by atoms with E-state index in [0.29, 0.717) is 13.1 Å². The van der Waals surface area contributed by atoms with E-state index < -0.39 is 11.9 Å². The van der Waals surface area contributed by atoms with Crippen molar-refractivity contribution in [1.82, 2.24) is 4.98 Å². The SMILES string of the molecule is CC1CN(c2nc(C(F)(F)F)ccc2/C(N)=N/O)CCS1. The standard InChI is InChI=1S/C12H15F3N4OS/c1-7-6-19(4-5-21-7)11-8(10(16)18-20)2-3-9(17-11)12(13,14)15/h2-3,7,20H,4-6H2,1H3,(H2,16,18). The first-order chi connectivity index (χ1) is 9.82. The number of hydrogen-bond donors (Lipinski definition) is 2. The van der Waals surface area contributed by atoms with Crippen molar-refractivity contribution < 1.29 is 18.4 Å². The summed E-state index contributed by atoms with van der Waals surface area (Å²) in [6.07, 6.45) is -4.53. The Morgan fingerprint density at radius 1 is 1.52 bits per heavy atom. The van der Waals surface area contributed by atoms with Crippen LogP contribution in [-0.4, -0.2) is 40.1 Å². The molecule has 21 heavy (non-hydrogen) atoms. The molecule has 0 spiro atoms. The quantitative estimate of drug-likeness (QED) is 0.378. The maximum atomic E-state index is 12.8. The highest BCUT2D eigenvalue weighted by Crippen LogP contribution is 2.32. The molecular weight excluding hydrogens is 305 g/mol. The maximum absolute atomic E-state index is 12.8. The topological polar surface area (TPSA) is 74.7 Å². The van der Waals surface area contributed by atoms with Crippen molar-refractivity contribution >= 4 is 23.4 Å². The van der Waals surface area contributed by atoms with E-state index in [2.05, 4.69) is 10.1 Å². The fourth-order valence-corrected chi connectivity index (χ4v) is 3.13. The van der Waals surface area contributed by atoms with Crippen LogP contribution in [0.5, 0.6) is 0 Å². The van der Waals surface area contributed by atoms with Crippen molar-refractivity contribution in [3.63, 3.8) is 0 Å². The third-order valence-electron chi connectivity index (χ3n) is 3.09. The Hall–Kier alpha value is -1.64. The minimum atomic E-state index is -4.53. The number of pyridine rings is 1. The Balaban J connectivity index is 2.48. The number of alkyl halides is 3. The first kappa shape index (κ1) is 15.7. The average Bonchev–Trinajstić information content (AvgIpc) is 2.45. The zero-order valence-corrected chi connectivity index (χ0v) is 12.1. The molecule has 2 rings (SSSR count). The van der Waals surface area contributed by atoms with Crippen LogP contribution in [0.1, 0.15) is 18.2 Å². The Labute approximate surface area is 124 Å². The number of nitrogens with zero attached hydrogens (tertiary/aromatic N) is 3. The summed E-state index contributed by atoms with van der Waals surface area (Å²) in [5, 5.41) is 11.9. The number of hydrogen-bond acceptors (Lipinski definition) is 5. The van der Waals surface area contributed by atoms with Gasteiger partial charge in [0.05, 0.1) is 5.56 Å². The minimum absolute atomic E-state index is 0.104. The zero-order chi connectivity index (χ0) is 15.6. The summed E-state index contributed by atoms with van der Waals surface area (Å²) >= 11 is 1.74. The molecule has 1 saturated heterocycles. The van der Waals surface area contributed by atoms with Gasteiger partial charge in [-0.2, -0.15) is 24.9 Å². The van der Waals surface area contributed by atoms with Gasteiger partial charge < -0.3 is 15.8 Å². The number of amidine groups is 1. The molecular formula is C12H15F3N4OS. The van der Waals surface area contributed by atoms with E-state index in [1.54, 1.807) is 16.7 Å². The Morgan fingerprint density at radius 2 is 2.24 bits per heavy atom. The van der Waals surface area contributed by atoms with Crippen LogP contribution in [0, 0.1) is 0 Å². The van der Waals surface area contributed by atoms with Gasteiger partial charge in [-0.25, -0.2) is 4.98 Å². The molecule has 1 aliphatic heterocycles. The summed E-state index contributed by atoms with van der Waals surface area (Å²) < 4.78 is 38.5. The van der Waals surface area contributed by atoms with Crippen molar-refractivity contribution in [3.05, 3.63) is 23.4 Å². The van der Waals surface area contributed by atoms with Crippen molar-refractivity contribution in [2.45, 2.75) is 18.3 Å². The smallest absolute Gasteiger partial charge is 0.409 e. The van der Waals surface area contributed by atoms with Gasteiger partial charge in [0.25, 0.3) is 0 Å². The van der Waals surface area contributed by atoms with E-state index in [9.17, 15) is 13.2 Å². The number of aromatic nitrogens is 1. The van der Waals surface area contributed by atoms with Gasteiger partial charge in [-0.3, -0.25) is 0 Å². The minimum Gasteiger partial charge on any atom is -0.409 e. The van der Waals surface area contributed by atoms with Crippen LogP contribution < -0.4 is 10.6 Å². The van der Waals surface area contributed by atoms with Crippen LogP contribution in [0.2, 0.25) is 0 Å². The van der Waals surface area contributed by atoms with Crippen LogP contribution in [0.15, 0.2) is 17.3 Å². The molecule has 9 heteroatoms. The van der Waals surface area contributed by atoms with Crippen molar-refractivity contribution in [3.8, 4) is 0 Å². The maximum Gasteiger partial charge on any atom is 0.433 e. The summed E-state index contributed by atoms with van der Waals surface area (Å²) in [5.74, 6) is 0.638. The predicted octanol–water partition coefficient (Wildman–Crippen LogP) is 2.14. The Morgan fingerprint density at radius 3 is 2.81 bits per heavy atom. The highest BCUT2D eigenvalue weighted by Gasteiger charge is 2.34. The molecule has 0 amide bonds. The zero-order valence-electron chi connectivity index (χ0n) is 11.3. The number of thioether (sulfide) groups is 1. The van der Waals surface area contributed by atoms with Crippen LogP contribution in [0.25, 0.3) is 0 Å². The lowest BCUT2D eigenvalue weighted by Crippen LogP contribution is -2.39. The second-order valence-electron chi connectivity index (χ2n) is 4.68. The molecule has 0 radical (unpaired) electrons. The highest BCUT2D eigenvalue weighted by molar-refractivity contribution is 8.00. The molecule has 1 atom stereocenters. The Bertz CT molecular complexity index is 550. The summed E-state index contributed by atoms with van der Waals surface area (Å²) in [4.78, 5) is 5.43.